The number of thioether (sulfide) groups is 1. The van der Waals surface area contributed by atoms with Crippen LogP contribution in [0, 0.1) is 0 Å². The monoisotopic (exact) mass is 394 g/mol. The standard InChI is InChI=1S/C14H14N2O5S2.K.H/c17-5-7-6-23-13-10(12(19)16(13)11(7)14(20)21)15-9(18)4-8-2-1-3-22-8;;/h1-3,10,13,17H,4-6H2,(H,15,18)(H,20,21);;/t10?,13-;;/m1../s1. The van der Waals surface area contributed by atoms with Crippen molar-refractivity contribution in [1.29, 1.82) is 0 Å². The fourth-order valence-corrected chi connectivity index (χ4v) is 4.64. The van der Waals surface area contributed by atoms with Crippen molar-refractivity contribution in [2.45, 2.75) is 17.8 Å². The number of amides is 2. The summed E-state index contributed by atoms with van der Waals surface area (Å²) in [5.41, 5.74) is 0.153. The molecule has 1 unspecified atom stereocenters. The van der Waals surface area contributed by atoms with Crippen LogP contribution in [0.4, 0.5) is 0 Å². The van der Waals surface area contributed by atoms with Gasteiger partial charge in [-0.2, -0.15) is 0 Å². The quantitative estimate of drug-likeness (QED) is 0.454. The molecule has 7 nitrogen and oxygen atoms in total. The second-order valence-corrected chi connectivity index (χ2v) is 7.26. The van der Waals surface area contributed by atoms with Gasteiger partial charge in [0.05, 0.1) is 13.0 Å². The van der Waals surface area contributed by atoms with Crippen molar-refractivity contribution in [3.63, 3.8) is 0 Å². The van der Waals surface area contributed by atoms with Crippen LogP contribution in [0.5, 0.6) is 0 Å². The molecular weight excluding hydrogens is 379 g/mol. The number of aliphatic carboxylic acids is 1. The molecule has 0 spiro atoms. The molecule has 1 fully saturated rings. The van der Waals surface area contributed by atoms with Crippen molar-refractivity contribution in [3.05, 3.63) is 33.7 Å². The van der Waals surface area contributed by atoms with Gasteiger partial charge >= 0.3 is 57.4 Å². The van der Waals surface area contributed by atoms with Crippen molar-refractivity contribution >= 4 is 92.3 Å². The Balaban J connectivity index is 0.00000208. The maximum absolute atomic E-state index is 12.2. The Morgan fingerprint density at radius 1 is 1.42 bits per heavy atom. The summed E-state index contributed by atoms with van der Waals surface area (Å²) in [7, 11) is 0. The molecule has 0 bridgehead atoms. The van der Waals surface area contributed by atoms with Crippen molar-refractivity contribution < 1.29 is 24.6 Å². The van der Waals surface area contributed by atoms with E-state index in [1.807, 2.05) is 17.5 Å². The fraction of sp³-hybridized carbons (Fsp3) is 0.357. The van der Waals surface area contributed by atoms with Gasteiger partial charge in [-0.1, -0.05) is 6.07 Å². The molecule has 24 heavy (non-hydrogen) atoms. The molecule has 10 heteroatoms. The summed E-state index contributed by atoms with van der Waals surface area (Å²) in [6, 6.07) is 2.97. The molecule has 0 aliphatic carbocycles. The number of aliphatic hydroxyl groups is 1. The van der Waals surface area contributed by atoms with Crippen molar-refractivity contribution in [2.24, 2.45) is 0 Å². The van der Waals surface area contributed by atoms with Crippen LogP contribution in [0.3, 0.4) is 0 Å². The summed E-state index contributed by atoms with van der Waals surface area (Å²) in [4.78, 5) is 37.6. The summed E-state index contributed by atoms with van der Waals surface area (Å²) in [5.74, 6) is -1.63. The van der Waals surface area contributed by atoms with E-state index in [1.165, 1.54) is 23.1 Å². The average molecular weight is 395 g/mol. The molecule has 0 saturated carbocycles. The van der Waals surface area contributed by atoms with Gasteiger partial charge in [-0.25, -0.2) is 4.79 Å². The van der Waals surface area contributed by atoms with E-state index in [0.717, 1.165) is 9.78 Å². The molecule has 3 rings (SSSR count). The van der Waals surface area contributed by atoms with Crippen molar-refractivity contribution in [3.8, 4) is 0 Å². The van der Waals surface area contributed by atoms with Crippen LogP contribution in [0.2, 0.25) is 0 Å². The number of carboxylic acids is 1. The van der Waals surface area contributed by atoms with Gasteiger partial charge in [0.2, 0.25) is 5.91 Å². The molecule has 0 aromatic carbocycles. The predicted molar refractivity (Wildman–Crippen MR) is 91.9 cm³/mol. The molecular formula is C14H15KN2O5S2. The number of carbonyl (C=O) groups excluding carboxylic acids is 2. The predicted octanol–water partition coefficient (Wildman–Crippen LogP) is -0.627. The van der Waals surface area contributed by atoms with E-state index in [1.54, 1.807) is 0 Å². The van der Waals surface area contributed by atoms with Crippen LogP contribution in [0.1, 0.15) is 4.88 Å². The minimum absolute atomic E-state index is 0. The summed E-state index contributed by atoms with van der Waals surface area (Å²) in [6.07, 6.45) is 0.197. The van der Waals surface area contributed by atoms with E-state index >= 15 is 0 Å². The minimum atomic E-state index is -1.24. The van der Waals surface area contributed by atoms with Crippen LogP contribution in [-0.2, 0) is 20.8 Å². The number of hydrogen-bond donors (Lipinski definition) is 3. The Morgan fingerprint density at radius 3 is 2.75 bits per heavy atom. The molecule has 2 aliphatic rings. The van der Waals surface area contributed by atoms with Gasteiger partial charge in [0.25, 0.3) is 5.91 Å². The first-order valence-corrected chi connectivity index (χ1v) is 8.78. The molecule has 124 valence electrons. The number of thiophene rings is 1. The van der Waals surface area contributed by atoms with Crippen molar-refractivity contribution in [1.82, 2.24) is 10.2 Å². The Bertz CT molecular complexity index is 691. The molecule has 2 amide bonds. The van der Waals surface area contributed by atoms with Gasteiger partial charge in [0.1, 0.15) is 17.1 Å². The number of carboxylic acid groups (broad SMARTS) is 1. The number of carbonyl (C=O) groups is 3. The third-order valence-electron chi connectivity index (χ3n) is 3.67. The Labute approximate surface area is 188 Å². The van der Waals surface area contributed by atoms with Crippen LogP contribution in [0.25, 0.3) is 0 Å². The third-order valence-corrected chi connectivity index (χ3v) is 5.89. The maximum atomic E-state index is 12.2. The topological polar surface area (TPSA) is 107 Å². The first kappa shape index (κ1) is 20.1. The zero-order valence-corrected chi connectivity index (χ0v) is 13.5. The van der Waals surface area contributed by atoms with Crippen LogP contribution in [0.15, 0.2) is 28.8 Å². The fourth-order valence-electron chi connectivity index (χ4n) is 2.60. The molecule has 3 N–H and O–H groups in total. The normalized spacial score (nSPS) is 22.4. The first-order valence-electron chi connectivity index (χ1n) is 6.85. The van der Waals surface area contributed by atoms with Gasteiger partial charge in [-0.3, -0.25) is 14.5 Å². The van der Waals surface area contributed by atoms with Gasteiger partial charge in [0, 0.05) is 10.6 Å². The van der Waals surface area contributed by atoms with Crippen LogP contribution < -0.4 is 5.32 Å². The molecule has 1 aromatic heterocycles. The number of aliphatic hydroxyl groups excluding tert-OH is 1. The molecule has 1 saturated heterocycles. The summed E-state index contributed by atoms with van der Waals surface area (Å²) >= 11 is 2.80. The van der Waals surface area contributed by atoms with E-state index < -0.39 is 29.9 Å². The number of β-lactam (4-membered cyclic amide) rings is 1. The number of hydrogen-bond acceptors (Lipinski definition) is 6. The van der Waals surface area contributed by atoms with Gasteiger partial charge < -0.3 is 15.5 Å². The zero-order chi connectivity index (χ0) is 16.6. The molecule has 2 atom stereocenters. The molecule has 3 heterocycles. The Kier molecular flexibility index (Phi) is 7.08. The molecule has 2 aliphatic heterocycles. The van der Waals surface area contributed by atoms with Crippen molar-refractivity contribution in [2.75, 3.05) is 12.4 Å². The summed E-state index contributed by atoms with van der Waals surface area (Å²) < 4.78 is 0. The molecule has 0 radical (unpaired) electrons. The number of nitrogens with zero attached hydrogens (tertiary/aromatic N) is 1. The summed E-state index contributed by atoms with van der Waals surface area (Å²) in [5, 5.41) is 22.6. The van der Waals surface area contributed by atoms with Gasteiger partial charge in [-0.05, 0) is 17.0 Å². The van der Waals surface area contributed by atoms with E-state index in [4.69, 9.17) is 0 Å². The van der Waals surface area contributed by atoms with E-state index in [0.29, 0.717) is 11.3 Å². The molecule has 1 aromatic rings. The second kappa shape index (κ2) is 8.45. The number of nitrogens with one attached hydrogen (secondary N) is 1. The summed E-state index contributed by atoms with van der Waals surface area (Å²) in [6.45, 7) is -0.402. The van der Waals surface area contributed by atoms with Crippen LogP contribution in [-0.4, -0.2) is 108 Å². The number of fused-ring (bicyclic) bond motifs is 1. The Morgan fingerprint density at radius 2 is 2.17 bits per heavy atom. The van der Waals surface area contributed by atoms with Crippen LogP contribution >= 0.6 is 23.1 Å². The average Bonchev–Trinajstić information content (AvgIpc) is 3.03. The first-order chi connectivity index (χ1) is 11.0. The van der Waals surface area contributed by atoms with E-state index in [2.05, 4.69) is 5.32 Å². The Hall–Kier alpha value is -0.204. The SMILES string of the molecule is O=C(Cc1cccs1)NC1C(=O)N2C(C(=O)O)=C(CO)CS[C@H]12.[KH]. The van der Waals surface area contributed by atoms with Gasteiger partial charge in [0.15, 0.2) is 0 Å². The van der Waals surface area contributed by atoms with Gasteiger partial charge in [-0.15, -0.1) is 23.1 Å². The number of rotatable bonds is 5. The second-order valence-electron chi connectivity index (χ2n) is 5.13. The van der Waals surface area contributed by atoms with E-state index in [-0.39, 0.29) is 69.4 Å². The zero-order valence-electron chi connectivity index (χ0n) is 11.9. The third kappa shape index (κ3) is 3.80. The van der Waals surface area contributed by atoms with E-state index in [9.17, 15) is 24.6 Å².